The molecule has 0 bridgehead atoms. The van der Waals surface area contributed by atoms with Crippen LogP contribution in [-0.4, -0.2) is 31.5 Å². The molecule has 0 aromatic heterocycles. The van der Waals surface area contributed by atoms with Crippen molar-refractivity contribution < 1.29 is 19.4 Å². The summed E-state index contributed by atoms with van der Waals surface area (Å²) in [4.78, 5) is 11.3. The van der Waals surface area contributed by atoms with Crippen molar-refractivity contribution in [3.05, 3.63) is 29.8 Å². The third-order valence-electron chi connectivity index (χ3n) is 2.26. The van der Waals surface area contributed by atoms with Gasteiger partial charge in [0.1, 0.15) is 12.4 Å². The Morgan fingerprint density at radius 3 is 2.82 bits per heavy atom. The van der Waals surface area contributed by atoms with E-state index in [1.807, 2.05) is 31.2 Å². The number of nitrogens with one attached hydrogen (secondary N) is 1. The number of ether oxygens (including phenoxy) is 2. The van der Waals surface area contributed by atoms with Crippen molar-refractivity contribution in [3.63, 3.8) is 0 Å². The molecule has 1 aromatic rings. The van der Waals surface area contributed by atoms with E-state index < -0.39 is 6.09 Å². The Morgan fingerprint density at radius 2 is 2.18 bits per heavy atom. The van der Waals surface area contributed by atoms with Gasteiger partial charge in [-0.05, 0) is 13.0 Å². The number of alkyl carbamates (subject to hydrolysis) is 1. The van der Waals surface area contributed by atoms with Crippen LogP contribution in [0.5, 0.6) is 5.75 Å². The van der Waals surface area contributed by atoms with E-state index in [9.17, 15) is 4.79 Å². The summed E-state index contributed by atoms with van der Waals surface area (Å²) >= 11 is 0. The molecule has 0 fully saturated rings. The van der Waals surface area contributed by atoms with Crippen LogP contribution in [0.1, 0.15) is 18.5 Å². The van der Waals surface area contributed by atoms with Crippen LogP contribution in [0.15, 0.2) is 24.3 Å². The Kier molecular flexibility index (Phi) is 5.29. The number of amides is 1. The molecular formula is C12H17NO4. The molecular weight excluding hydrogens is 222 g/mol. The summed E-state index contributed by atoms with van der Waals surface area (Å²) in [6.07, 6.45) is -0.558. The highest BCUT2D eigenvalue weighted by molar-refractivity contribution is 5.68. The summed E-state index contributed by atoms with van der Waals surface area (Å²) in [5, 5.41) is 11.2. The number of para-hydroxylation sites is 1. The molecule has 0 heterocycles. The summed E-state index contributed by atoms with van der Waals surface area (Å²) < 4.78 is 9.91. The van der Waals surface area contributed by atoms with Crippen molar-refractivity contribution in [2.45, 2.75) is 13.0 Å². The van der Waals surface area contributed by atoms with Gasteiger partial charge < -0.3 is 19.9 Å². The average molecular weight is 239 g/mol. The zero-order valence-corrected chi connectivity index (χ0v) is 9.97. The van der Waals surface area contributed by atoms with E-state index in [1.54, 1.807) is 7.11 Å². The number of hydrogen-bond acceptors (Lipinski definition) is 4. The van der Waals surface area contributed by atoms with E-state index in [4.69, 9.17) is 14.6 Å². The third-order valence-corrected chi connectivity index (χ3v) is 2.26. The smallest absolute Gasteiger partial charge is 0.407 e. The second-order valence-corrected chi connectivity index (χ2v) is 3.47. The molecule has 17 heavy (non-hydrogen) atoms. The number of methoxy groups -OCH3 is 1. The predicted octanol–water partition coefficient (Wildman–Crippen LogP) is 1.47. The van der Waals surface area contributed by atoms with Gasteiger partial charge in [-0.2, -0.15) is 0 Å². The third kappa shape index (κ3) is 3.96. The quantitative estimate of drug-likeness (QED) is 0.816. The highest BCUT2D eigenvalue weighted by atomic mass is 16.6. The maximum Gasteiger partial charge on any atom is 0.407 e. The summed E-state index contributed by atoms with van der Waals surface area (Å²) in [6.45, 7) is 1.64. The van der Waals surface area contributed by atoms with Crippen molar-refractivity contribution in [1.29, 1.82) is 0 Å². The molecule has 1 unspecified atom stereocenters. The molecule has 1 aromatic carbocycles. The summed E-state index contributed by atoms with van der Waals surface area (Å²) in [7, 11) is 1.58. The highest BCUT2D eigenvalue weighted by Crippen LogP contribution is 2.24. The van der Waals surface area contributed by atoms with Crippen molar-refractivity contribution in [1.82, 2.24) is 5.32 Å². The number of rotatable bonds is 5. The van der Waals surface area contributed by atoms with Crippen LogP contribution in [0, 0.1) is 0 Å². The second kappa shape index (κ2) is 6.75. The Labute approximate surface area is 100 Å². The van der Waals surface area contributed by atoms with E-state index in [2.05, 4.69) is 5.32 Å². The molecule has 0 radical (unpaired) electrons. The molecule has 0 aliphatic carbocycles. The molecule has 5 heteroatoms. The molecule has 5 nitrogen and oxygen atoms in total. The number of aliphatic hydroxyl groups is 1. The molecule has 1 amide bonds. The first-order valence-electron chi connectivity index (χ1n) is 5.36. The minimum atomic E-state index is -0.558. The van der Waals surface area contributed by atoms with Crippen molar-refractivity contribution >= 4 is 6.09 Å². The van der Waals surface area contributed by atoms with Gasteiger partial charge in [0.2, 0.25) is 0 Å². The zero-order valence-electron chi connectivity index (χ0n) is 9.97. The fraction of sp³-hybridized carbons (Fsp3) is 0.417. The van der Waals surface area contributed by atoms with Crippen LogP contribution < -0.4 is 10.1 Å². The largest absolute Gasteiger partial charge is 0.496 e. The van der Waals surface area contributed by atoms with Gasteiger partial charge in [0.15, 0.2) is 0 Å². The molecule has 0 saturated heterocycles. The van der Waals surface area contributed by atoms with E-state index in [-0.39, 0.29) is 19.3 Å². The topological polar surface area (TPSA) is 67.8 Å². The lowest BCUT2D eigenvalue weighted by Crippen LogP contribution is -2.28. The molecule has 0 aliphatic heterocycles. The number of carbonyl (C=O) groups is 1. The van der Waals surface area contributed by atoms with E-state index >= 15 is 0 Å². The van der Waals surface area contributed by atoms with E-state index in [0.717, 1.165) is 5.56 Å². The fourth-order valence-corrected chi connectivity index (χ4v) is 1.46. The normalized spacial score (nSPS) is 11.7. The molecule has 1 rings (SSSR count). The van der Waals surface area contributed by atoms with Gasteiger partial charge in [-0.1, -0.05) is 18.2 Å². The molecule has 0 aliphatic rings. The molecule has 0 spiro atoms. The molecule has 0 saturated carbocycles. The van der Waals surface area contributed by atoms with Gasteiger partial charge >= 0.3 is 6.09 Å². The first-order chi connectivity index (χ1) is 8.19. The summed E-state index contributed by atoms with van der Waals surface area (Å²) in [6, 6.07) is 7.20. The van der Waals surface area contributed by atoms with Crippen molar-refractivity contribution in [3.8, 4) is 5.75 Å². The Hall–Kier alpha value is -1.75. The standard InChI is InChI=1S/C12H17NO4/c1-9(13-12(15)17-8-7-14)10-5-3-4-6-11(10)16-2/h3-6,9,14H,7-8H2,1-2H3,(H,13,15). The van der Waals surface area contributed by atoms with Gasteiger partial charge in [0.25, 0.3) is 0 Å². The molecule has 94 valence electrons. The number of benzene rings is 1. The van der Waals surface area contributed by atoms with Gasteiger partial charge in [0, 0.05) is 5.56 Å². The lowest BCUT2D eigenvalue weighted by Gasteiger charge is -2.16. The van der Waals surface area contributed by atoms with Gasteiger partial charge in [-0.25, -0.2) is 4.79 Å². The first kappa shape index (κ1) is 13.3. The van der Waals surface area contributed by atoms with Gasteiger partial charge in [-0.15, -0.1) is 0 Å². The highest BCUT2D eigenvalue weighted by Gasteiger charge is 2.13. The van der Waals surface area contributed by atoms with Crippen LogP contribution in [0.2, 0.25) is 0 Å². The lowest BCUT2D eigenvalue weighted by atomic mass is 10.1. The minimum absolute atomic E-state index is 0.00945. The van der Waals surface area contributed by atoms with Gasteiger partial charge in [-0.3, -0.25) is 0 Å². The molecule has 2 N–H and O–H groups in total. The monoisotopic (exact) mass is 239 g/mol. The Bertz CT molecular complexity index is 367. The minimum Gasteiger partial charge on any atom is -0.496 e. The van der Waals surface area contributed by atoms with Gasteiger partial charge in [0.05, 0.1) is 19.8 Å². The zero-order chi connectivity index (χ0) is 12.7. The lowest BCUT2D eigenvalue weighted by molar-refractivity contribution is 0.116. The fourth-order valence-electron chi connectivity index (χ4n) is 1.46. The second-order valence-electron chi connectivity index (χ2n) is 3.47. The predicted molar refractivity (Wildman–Crippen MR) is 63.0 cm³/mol. The maximum atomic E-state index is 11.3. The summed E-state index contributed by atoms with van der Waals surface area (Å²) in [5.74, 6) is 0.711. The number of aliphatic hydroxyl groups excluding tert-OH is 1. The van der Waals surface area contributed by atoms with Crippen molar-refractivity contribution in [2.75, 3.05) is 20.3 Å². The van der Waals surface area contributed by atoms with Crippen LogP contribution in [-0.2, 0) is 4.74 Å². The maximum absolute atomic E-state index is 11.3. The molecule has 1 atom stereocenters. The number of carbonyl (C=O) groups excluding carboxylic acids is 1. The number of hydrogen-bond donors (Lipinski definition) is 2. The van der Waals surface area contributed by atoms with E-state index in [0.29, 0.717) is 5.75 Å². The average Bonchev–Trinajstić information content (AvgIpc) is 2.36. The van der Waals surface area contributed by atoms with E-state index in [1.165, 1.54) is 0 Å². The van der Waals surface area contributed by atoms with Crippen LogP contribution >= 0.6 is 0 Å². The van der Waals surface area contributed by atoms with Crippen LogP contribution in [0.3, 0.4) is 0 Å². The summed E-state index contributed by atoms with van der Waals surface area (Å²) in [5.41, 5.74) is 0.871. The Morgan fingerprint density at radius 1 is 1.47 bits per heavy atom. The first-order valence-corrected chi connectivity index (χ1v) is 5.36. The Balaban J connectivity index is 2.62. The van der Waals surface area contributed by atoms with Crippen LogP contribution in [0.4, 0.5) is 4.79 Å². The van der Waals surface area contributed by atoms with Crippen LogP contribution in [0.25, 0.3) is 0 Å². The van der Waals surface area contributed by atoms with Crippen molar-refractivity contribution in [2.24, 2.45) is 0 Å². The SMILES string of the molecule is COc1ccccc1C(C)NC(=O)OCCO.